The number of para-hydroxylation sites is 1. The monoisotopic (exact) mass is 312 g/mol. The zero-order chi connectivity index (χ0) is 16.4. The molecule has 0 saturated carbocycles. The molecule has 23 heavy (non-hydrogen) atoms. The van der Waals surface area contributed by atoms with E-state index in [-0.39, 0.29) is 11.8 Å². The Bertz CT molecular complexity index is 773. The maximum Gasteiger partial charge on any atom is 0.265 e. The Labute approximate surface area is 133 Å². The predicted molar refractivity (Wildman–Crippen MR) is 86.1 cm³/mol. The minimum absolute atomic E-state index is 0.217. The van der Waals surface area contributed by atoms with E-state index in [0.29, 0.717) is 28.4 Å². The van der Waals surface area contributed by atoms with E-state index < -0.39 is 6.10 Å². The molecule has 118 valence electrons. The van der Waals surface area contributed by atoms with Gasteiger partial charge in [0.2, 0.25) is 0 Å². The third kappa shape index (κ3) is 2.96. The molecule has 0 aliphatic carbocycles. The summed E-state index contributed by atoms with van der Waals surface area (Å²) in [6.07, 6.45) is -0.531. The van der Waals surface area contributed by atoms with Crippen LogP contribution in [0.3, 0.4) is 0 Å². The van der Waals surface area contributed by atoms with Crippen molar-refractivity contribution in [2.24, 2.45) is 0 Å². The van der Waals surface area contributed by atoms with Crippen molar-refractivity contribution in [3.63, 3.8) is 0 Å². The second-order valence-electron chi connectivity index (χ2n) is 5.11. The third-order valence-corrected chi connectivity index (χ3v) is 3.52. The van der Waals surface area contributed by atoms with Crippen LogP contribution in [0.4, 0.5) is 11.4 Å². The van der Waals surface area contributed by atoms with Crippen LogP contribution in [-0.2, 0) is 4.79 Å². The number of fused-ring (bicyclic) bond motifs is 1. The Kier molecular flexibility index (Phi) is 3.89. The Morgan fingerprint density at radius 2 is 2.04 bits per heavy atom. The fraction of sp³-hybridized carbons (Fsp3) is 0.176. The number of rotatable bonds is 3. The number of benzene rings is 2. The van der Waals surface area contributed by atoms with Crippen molar-refractivity contribution < 1.29 is 19.1 Å². The van der Waals surface area contributed by atoms with Crippen LogP contribution in [0.25, 0.3) is 0 Å². The quantitative estimate of drug-likeness (QED) is 0.913. The van der Waals surface area contributed by atoms with E-state index in [0.717, 1.165) is 0 Å². The molecule has 1 atom stereocenters. The lowest BCUT2D eigenvalue weighted by Gasteiger charge is -2.23. The minimum Gasteiger partial charge on any atom is -0.496 e. The molecule has 0 spiro atoms. The average Bonchev–Trinajstić information content (AvgIpc) is 2.56. The molecule has 2 amide bonds. The van der Waals surface area contributed by atoms with Crippen LogP contribution in [0.1, 0.15) is 17.3 Å². The first-order chi connectivity index (χ1) is 11.1. The normalized spacial score (nSPS) is 15.9. The number of carbonyl (C=O) groups excluding carboxylic acids is 2. The SMILES string of the molecule is COc1ccccc1C(=O)Nc1ccc2c(c1)NC(=O)[C@H](C)O2. The van der Waals surface area contributed by atoms with Gasteiger partial charge >= 0.3 is 0 Å². The van der Waals surface area contributed by atoms with Gasteiger partial charge in [-0.1, -0.05) is 12.1 Å². The van der Waals surface area contributed by atoms with E-state index in [1.165, 1.54) is 7.11 Å². The largest absolute Gasteiger partial charge is 0.496 e. The highest BCUT2D eigenvalue weighted by molar-refractivity contribution is 6.07. The molecule has 3 rings (SSSR count). The predicted octanol–water partition coefficient (Wildman–Crippen LogP) is 2.67. The molecule has 6 heteroatoms. The van der Waals surface area contributed by atoms with Crippen molar-refractivity contribution in [2.75, 3.05) is 17.7 Å². The molecule has 0 radical (unpaired) electrons. The molecule has 0 saturated heterocycles. The van der Waals surface area contributed by atoms with Crippen molar-refractivity contribution in [3.05, 3.63) is 48.0 Å². The molecule has 1 aliphatic heterocycles. The summed E-state index contributed by atoms with van der Waals surface area (Å²) < 4.78 is 10.7. The summed E-state index contributed by atoms with van der Waals surface area (Å²) >= 11 is 0. The van der Waals surface area contributed by atoms with Crippen LogP contribution in [0, 0.1) is 0 Å². The summed E-state index contributed by atoms with van der Waals surface area (Å²) in [5.74, 6) is 0.560. The highest BCUT2D eigenvalue weighted by Crippen LogP contribution is 2.32. The summed E-state index contributed by atoms with van der Waals surface area (Å²) in [5.41, 5.74) is 1.52. The topological polar surface area (TPSA) is 76.7 Å². The van der Waals surface area contributed by atoms with Gasteiger partial charge in [0.1, 0.15) is 11.5 Å². The summed E-state index contributed by atoms with van der Waals surface area (Å²) in [4.78, 5) is 24.0. The molecule has 0 bridgehead atoms. The fourth-order valence-corrected chi connectivity index (χ4v) is 2.32. The van der Waals surface area contributed by atoms with Crippen molar-refractivity contribution in [1.29, 1.82) is 0 Å². The van der Waals surface area contributed by atoms with Gasteiger partial charge in [0.25, 0.3) is 11.8 Å². The molecule has 0 fully saturated rings. The Balaban J connectivity index is 1.82. The molecular weight excluding hydrogens is 296 g/mol. The van der Waals surface area contributed by atoms with Gasteiger partial charge in [-0.25, -0.2) is 0 Å². The van der Waals surface area contributed by atoms with E-state index in [2.05, 4.69) is 10.6 Å². The van der Waals surface area contributed by atoms with Gasteiger partial charge in [0.15, 0.2) is 6.10 Å². The highest BCUT2D eigenvalue weighted by Gasteiger charge is 2.23. The number of methoxy groups -OCH3 is 1. The molecule has 2 aromatic rings. The zero-order valence-electron chi connectivity index (χ0n) is 12.8. The van der Waals surface area contributed by atoms with E-state index >= 15 is 0 Å². The minimum atomic E-state index is -0.531. The first kappa shape index (κ1) is 14.9. The first-order valence-electron chi connectivity index (χ1n) is 7.14. The molecular formula is C17H16N2O4. The van der Waals surface area contributed by atoms with Gasteiger partial charge < -0.3 is 20.1 Å². The van der Waals surface area contributed by atoms with Crippen LogP contribution in [0.15, 0.2) is 42.5 Å². The van der Waals surface area contributed by atoms with Gasteiger partial charge in [-0.05, 0) is 37.3 Å². The van der Waals surface area contributed by atoms with Crippen molar-refractivity contribution in [3.8, 4) is 11.5 Å². The number of nitrogens with one attached hydrogen (secondary N) is 2. The standard InChI is InChI=1S/C17H16N2O4/c1-10-16(20)19-13-9-11(7-8-15(13)23-10)18-17(21)12-5-3-4-6-14(12)22-2/h3-10H,1-2H3,(H,18,21)(H,19,20)/t10-/m0/s1. The van der Waals surface area contributed by atoms with E-state index in [1.54, 1.807) is 49.4 Å². The maximum absolute atomic E-state index is 12.4. The van der Waals surface area contributed by atoms with Crippen molar-refractivity contribution >= 4 is 23.2 Å². The Morgan fingerprint density at radius 1 is 1.26 bits per heavy atom. The highest BCUT2D eigenvalue weighted by atomic mass is 16.5. The molecule has 1 heterocycles. The summed E-state index contributed by atoms with van der Waals surface area (Å²) in [5, 5.41) is 5.53. The first-order valence-corrected chi connectivity index (χ1v) is 7.14. The smallest absolute Gasteiger partial charge is 0.265 e. The Hall–Kier alpha value is -3.02. The van der Waals surface area contributed by atoms with Crippen LogP contribution >= 0.6 is 0 Å². The lowest BCUT2D eigenvalue weighted by atomic mass is 10.1. The lowest BCUT2D eigenvalue weighted by Crippen LogP contribution is -2.34. The van der Waals surface area contributed by atoms with Gasteiger partial charge in [0.05, 0.1) is 18.4 Å². The summed E-state index contributed by atoms with van der Waals surface area (Å²) in [7, 11) is 1.51. The van der Waals surface area contributed by atoms with Crippen LogP contribution in [0.5, 0.6) is 11.5 Å². The average molecular weight is 312 g/mol. The number of hydrogen-bond donors (Lipinski definition) is 2. The van der Waals surface area contributed by atoms with Gasteiger partial charge in [0, 0.05) is 5.69 Å². The summed E-state index contributed by atoms with van der Waals surface area (Å²) in [6.45, 7) is 1.68. The van der Waals surface area contributed by atoms with Crippen molar-refractivity contribution in [2.45, 2.75) is 13.0 Å². The number of ether oxygens (including phenoxy) is 2. The van der Waals surface area contributed by atoms with Crippen LogP contribution < -0.4 is 20.1 Å². The number of anilines is 2. The maximum atomic E-state index is 12.4. The molecule has 0 unspecified atom stereocenters. The number of amides is 2. The number of carbonyl (C=O) groups is 2. The molecule has 6 nitrogen and oxygen atoms in total. The van der Waals surface area contributed by atoms with E-state index in [9.17, 15) is 9.59 Å². The van der Waals surface area contributed by atoms with Crippen molar-refractivity contribution in [1.82, 2.24) is 0 Å². The van der Waals surface area contributed by atoms with Gasteiger partial charge in [-0.15, -0.1) is 0 Å². The zero-order valence-corrected chi connectivity index (χ0v) is 12.8. The molecule has 2 N–H and O–H groups in total. The van der Waals surface area contributed by atoms with Crippen LogP contribution in [0.2, 0.25) is 0 Å². The third-order valence-electron chi connectivity index (χ3n) is 3.52. The lowest BCUT2D eigenvalue weighted by molar-refractivity contribution is -0.122. The fourth-order valence-electron chi connectivity index (χ4n) is 2.32. The van der Waals surface area contributed by atoms with Gasteiger partial charge in [-0.2, -0.15) is 0 Å². The molecule has 1 aliphatic rings. The van der Waals surface area contributed by atoms with Crippen LogP contribution in [-0.4, -0.2) is 25.0 Å². The molecule has 2 aromatic carbocycles. The van der Waals surface area contributed by atoms with E-state index in [1.807, 2.05) is 0 Å². The Morgan fingerprint density at radius 3 is 2.83 bits per heavy atom. The van der Waals surface area contributed by atoms with Gasteiger partial charge in [-0.3, -0.25) is 9.59 Å². The molecule has 0 aromatic heterocycles. The second kappa shape index (κ2) is 6.00. The number of hydrogen-bond acceptors (Lipinski definition) is 4. The summed E-state index contributed by atoms with van der Waals surface area (Å²) in [6, 6.07) is 12.0. The van der Waals surface area contributed by atoms with E-state index in [4.69, 9.17) is 9.47 Å². The second-order valence-corrected chi connectivity index (χ2v) is 5.11.